The Hall–Kier alpha value is -4.39. The number of rotatable bonds is 8. The second-order valence-corrected chi connectivity index (χ2v) is 9.30. The number of H-pyrrole nitrogens is 1. The number of fused-ring (bicyclic) bond motifs is 2. The van der Waals surface area contributed by atoms with Crippen LogP contribution in [0.25, 0.3) is 10.9 Å². The summed E-state index contributed by atoms with van der Waals surface area (Å²) in [5, 5.41) is 3.90. The smallest absolute Gasteiger partial charge is 0.307 e. The van der Waals surface area contributed by atoms with E-state index in [0.717, 1.165) is 27.7 Å². The molecule has 0 fully saturated rings. The van der Waals surface area contributed by atoms with E-state index in [1.54, 1.807) is 11.0 Å². The summed E-state index contributed by atoms with van der Waals surface area (Å²) in [5.41, 5.74) is 4.09. The van der Waals surface area contributed by atoms with Gasteiger partial charge in [-0.15, -0.1) is 0 Å². The van der Waals surface area contributed by atoms with Crippen LogP contribution in [-0.2, 0) is 27.2 Å². The molecule has 7 heteroatoms. The number of benzene rings is 3. The quantitative estimate of drug-likeness (QED) is 0.354. The van der Waals surface area contributed by atoms with Crippen LogP contribution in [0.2, 0.25) is 0 Å². The van der Waals surface area contributed by atoms with Crippen LogP contribution in [0.5, 0.6) is 0 Å². The van der Waals surface area contributed by atoms with E-state index >= 15 is 0 Å². The molecule has 1 aliphatic rings. The molecule has 0 radical (unpaired) electrons. The number of para-hydroxylation sites is 2. The average molecular weight is 496 g/mol. The van der Waals surface area contributed by atoms with Gasteiger partial charge in [0, 0.05) is 16.6 Å². The molecule has 1 aromatic heterocycles. The van der Waals surface area contributed by atoms with Crippen molar-refractivity contribution < 1.29 is 19.1 Å². The molecule has 7 nitrogen and oxygen atoms in total. The Morgan fingerprint density at radius 1 is 1.00 bits per heavy atom. The summed E-state index contributed by atoms with van der Waals surface area (Å²) in [5.74, 6) is -0.961. The van der Waals surface area contributed by atoms with E-state index in [-0.39, 0.29) is 30.2 Å². The summed E-state index contributed by atoms with van der Waals surface area (Å²) in [4.78, 5) is 44.4. The van der Waals surface area contributed by atoms with Gasteiger partial charge in [-0.2, -0.15) is 0 Å². The normalized spacial score (nSPS) is 15.3. The highest BCUT2D eigenvalue weighted by molar-refractivity contribution is 6.05. The lowest BCUT2D eigenvalue weighted by Crippen LogP contribution is -2.51. The third-order valence-electron chi connectivity index (χ3n) is 6.88. The first kappa shape index (κ1) is 24.3. The molecule has 3 aromatic carbocycles. The number of carbonyl (C=O) groups is 3. The Labute approximate surface area is 215 Å². The predicted octanol–water partition coefficient (Wildman–Crippen LogP) is 4.42. The molecule has 0 aliphatic carbocycles. The van der Waals surface area contributed by atoms with Crippen molar-refractivity contribution in [3.05, 3.63) is 102 Å². The lowest BCUT2D eigenvalue weighted by Gasteiger charge is -2.29. The Morgan fingerprint density at radius 2 is 1.73 bits per heavy atom. The minimum Gasteiger partial charge on any atom is -0.469 e. The molecule has 0 spiro atoms. The van der Waals surface area contributed by atoms with Gasteiger partial charge in [-0.3, -0.25) is 14.4 Å². The maximum atomic E-state index is 14.1. The summed E-state index contributed by atoms with van der Waals surface area (Å²) >= 11 is 0. The van der Waals surface area contributed by atoms with Crippen molar-refractivity contribution in [3.8, 4) is 0 Å². The van der Waals surface area contributed by atoms with Gasteiger partial charge < -0.3 is 19.9 Å². The Morgan fingerprint density at radius 3 is 2.51 bits per heavy atom. The highest BCUT2D eigenvalue weighted by Crippen LogP contribution is 2.34. The van der Waals surface area contributed by atoms with Crippen molar-refractivity contribution >= 4 is 34.4 Å². The highest BCUT2D eigenvalue weighted by atomic mass is 16.5. The number of carbonyl (C=O) groups excluding carboxylic acids is 3. The molecular weight excluding hydrogens is 466 g/mol. The minimum absolute atomic E-state index is 0.0816. The van der Waals surface area contributed by atoms with E-state index in [1.807, 2.05) is 78.9 Å². The van der Waals surface area contributed by atoms with Gasteiger partial charge in [0.25, 0.3) is 5.91 Å². The Balaban J connectivity index is 1.44. The van der Waals surface area contributed by atoms with Crippen LogP contribution in [0, 0.1) is 0 Å². The number of hydrogen-bond donors (Lipinski definition) is 2. The van der Waals surface area contributed by atoms with Crippen LogP contribution >= 0.6 is 0 Å². The van der Waals surface area contributed by atoms with Gasteiger partial charge in [0.2, 0.25) is 5.91 Å². The number of aromatic amines is 1. The van der Waals surface area contributed by atoms with Crippen molar-refractivity contribution in [3.63, 3.8) is 0 Å². The van der Waals surface area contributed by atoms with Crippen LogP contribution in [0.15, 0.2) is 84.9 Å². The molecule has 188 valence electrons. The number of aromatic nitrogens is 1. The van der Waals surface area contributed by atoms with E-state index in [0.29, 0.717) is 25.0 Å². The largest absolute Gasteiger partial charge is 0.469 e. The van der Waals surface area contributed by atoms with Gasteiger partial charge >= 0.3 is 5.97 Å². The first-order valence-electron chi connectivity index (χ1n) is 12.4. The number of aryl methyl sites for hydroxylation is 1. The Kier molecular flexibility index (Phi) is 7.03. The molecule has 2 amide bonds. The van der Waals surface area contributed by atoms with Crippen molar-refractivity contribution in [1.29, 1.82) is 0 Å². The van der Waals surface area contributed by atoms with Gasteiger partial charge in [0.15, 0.2) is 0 Å². The number of ether oxygens (including phenoxy) is 1. The summed E-state index contributed by atoms with van der Waals surface area (Å²) in [7, 11) is 1.35. The number of methoxy groups -OCH3 is 1. The molecule has 5 rings (SSSR count). The lowest BCUT2D eigenvalue weighted by molar-refractivity contribution is -0.141. The van der Waals surface area contributed by atoms with Crippen molar-refractivity contribution in [2.75, 3.05) is 12.0 Å². The SMILES string of the molecule is COC(=O)C[C@H]1Cc2ccccc2N1C(=O)[C@H](CCc1ccccc1)NC(=O)c1cc2ccccc2[nH]1. The fourth-order valence-corrected chi connectivity index (χ4v) is 5.01. The second-order valence-electron chi connectivity index (χ2n) is 9.30. The fourth-order valence-electron chi connectivity index (χ4n) is 5.01. The molecule has 0 saturated heterocycles. The van der Waals surface area contributed by atoms with E-state index in [4.69, 9.17) is 4.74 Å². The maximum absolute atomic E-state index is 14.1. The number of amides is 2. The third kappa shape index (κ3) is 5.26. The first-order chi connectivity index (χ1) is 18.0. The van der Waals surface area contributed by atoms with E-state index in [9.17, 15) is 14.4 Å². The summed E-state index contributed by atoms with van der Waals surface area (Å²) in [6.07, 6.45) is 1.66. The number of nitrogens with one attached hydrogen (secondary N) is 2. The van der Waals surface area contributed by atoms with E-state index < -0.39 is 6.04 Å². The standard InChI is InChI=1S/C30H29N3O4/c1-37-28(34)19-23-17-22-12-6-8-14-27(22)33(23)30(36)25(16-15-20-9-3-2-4-10-20)32-29(35)26-18-21-11-5-7-13-24(21)31-26/h2-14,18,23,25,31H,15-17,19H2,1H3,(H,32,35)/t23-,25+/m1/s1. The van der Waals surface area contributed by atoms with Crippen LogP contribution in [0.1, 0.15) is 34.5 Å². The second kappa shape index (κ2) is 10.7. The number of hydrogen-bond acceptors (Lipinski definition) is 4. The zero-order chi connectivity index (χ0) is 25.8. The summed E-state index contributed by atoms with van der Waals surface area (Å²) in [6.45, 7) is 0. The van der Waals surface area contributed by atoms with E-state index in [2.05, 4.69) is 10.3 Å². The first-order valence-corrected chi connectivity index (χ1v) is 12.4. The minimum atomic E-state index is -0.787. The van der Waals surface area contributed by atoms with Gasteiger partial charge in [0.05, 0.1) is 19.6 Å². The number of anilines is 1. The van der Waals surface area contributed by atoms with Crippen LogP contribution in [-0.4, -0.2) is 42.0 Å². The highest BCUT2D eigenvalue weighted by Gasteiger charge is 2.38. The lowest BCUT2D eigenvalue weighted by atomic mass is 10.0. The number of nitrogens with zero attached hydrogens (tertiary/aromatic N) is 1. The van der Waals surface area contributed by atoms with Crippen LogP contribution < -0.4 is 10.2 Å². The molecule has 0 bridgehead atoms. The molecule has 1 aliphatic heterocycles. The zero-order valence-corrected chi connectivity index (χ0v) is 20.6. The van der Waals surface area contributed by atoms with Crippen molar-refractivity contribution in [2.45, 2.75) is 37.8 Å². The monoisotopic (exact) mass is 495 g/mol. The molecule has 0 unspecified atom stereocenters. The van der Waals surface area contributed by atoms with E-state index in [1.165, 1.54) is 7.11 Å². The molecule has 4 aromatic rings. The van der Waals surface area contributed by atoms with Gasteiger partial charge in [-0.25, -0.2) is 0 Å². The van der Waals surface area contributed by atoms with Crippen LogP contribution in [0.3, 0.4) is 0 Å². The van der Waals surface area contributed by atoms with Crippen LogP contribution in [0.4, 0.5) is 5.69 Å². The average Bonchev–Trinajstić information content (AvgIpc) is 3.52. The molecule has 2 atom stereocenters. The molecule has 2 N–H and O–H groups in total. The summed E-state index contributed by atoms with van der Waals surface area (Å²) < 4.78 is 4.91. The van der Waals surface area contributed by atoms with Gasteiger partial charge in [0.1, 0.15) is 11.7 Å². The van der Waals surface area contributed by atoms with Gasteiger partial charge in [-0.1, -0.05) is 66.7 Å². The molecular formula is C30H29N3O4. The molecule has 2 heterocycles. The van der Waals surface area contributed by atoms with Gasteiger partial charge in [-0.05, 0) is 48.6 Å². The summed E-state index contributed by atoms with van der Waals surface area (Å²) in [6, 6.07) is 25.8. The zero-order valence-electron chi connectivity index (χ0n) is 20.6. The van der Waals surface area contributed by atoms with Crippen molar-refractivity contribution in [2.24, 2.45) is 0 Å². The number of esters is 1. The molecule has 0 saturated carbocycles. The van der Waals surface area contributed by atoms with Crippen molar-refractivity contribution in [1.82, 2.24) is 10.3 Å². The topological polar surface area (TPSA) is 91.5 Å². The molecule has 37 heavy (non-hydrogen) atoms. The Bertz CT molecular complexity index is 1400. The predicted molar refractivity (Wildman–Crippen MR) is 142 cm³/mol. The third-order valence-corrected chi connectivity index (χ3v) is 6.88. The fraction of sp³-hybridized carbons (Fsp3) is 0.233. The maximum Gasteiger partial charge on any atom is 0.307 e.